The number of nitrogens with two attached hydrogens (primary N) is 1. The molecule has 1 fully saturated rings. The van der Waals surface area contributed by atoms with E-state index >= 15 is 0 Å². The first-order valence-electron chi connectivity index (χ1n) is 7.59. The minimum absolute atomic E-state index is 0.0843. The molecule has 104 valence electrons. The number of hydrogen-bond donors (Lipinski definition) is 1. The summed E-state index contributed by atoms with van der Waals surface area (Å²) in [6, 6.07) is 17.5. The van der Waals surface area contributed by atoms with Gasteiger partial charge >= 0.3 is 0 Å². The van der Waals surface area contributed by atoms with E-state index in [2.05, 4.69) is 62.4 Å². The van der Waals surface area contributed by atoms with Crippen LogP contribution in [0.15, 0.2) is 48.5 Å². The van der Waals surface area contributed by atoms with Crippen LogP contribution in [0.2, 0.25) is 0 Å². The van der Waals surface area contributed by atoms with Gasteiger partial charge in [0.1, 0.15) is 0 Å². The van der Waals surface area contributed by atoms with E-state index in [-0.39, 0.29) is 5.54 Å². The van der Waals surface area contributed by atoms with Crippen molar-refractivity contribution >= 4 is 0 Å². The zero-order chi connectivity index (χ0) is 14.2. The molecule has 0 bridgehead atoms. The summed E-state index contributed by atoms with van der Waals surface area (Å²) in [6.45, 7) is 4.51. The smallest absolute Gasteiger partial charge is 0.0409 e. The van der Waals surface area contributed by atoms with Gasteiger partial charge in [0.25, 0.3) is 0 Å². The van der Waals surface area contributed by atoms with Crippen molar-refractivity contribution in [3.05, 3.63) is 59.7 Å². The summed E-state index contributed by atoms with van der Waals surface area (Å²) in [5.74, 6) is 0.523. The topological polar surface area (TPSA) is 26.0 Å². The second-order valence-electron chi connectivity index (χ2n) is 6.33. The van der Waals surface area contributed by atoms with Crippen LogP contribution in [0.25, 0.3) is 11.1 Å². The van der Waals surface area contributed by atoms with Crippen molar-refractivity contribution < 1.29 is 0 Å². The van der Waals surface area contributed by atoms with E-state index < -0.39 is 0 Å². The van der Waals surface area contributed by atoms with Crippen molar-refractivity contribution in [2.75, 3.05) is 0 Å². The fraction of sp³-hybridized carbons (Fsp3) is 0.368. The third-order valence-corrected chi connectivity index (χ3v) is 4.58. The largest absolute Gasteiger partial charge is 0.321 e. The molecule has 0 amide bonds. The van der Waals surface area contributed by atoms with Crippen LogP contribution in [0, 0.1) is 0 Å². The highest BCUT2D eigenvalue weighted by molar-refractivity contribution is 5.69. The minimum atomic E-state index is -0.0843. The van der Waals surface area contributed by atoms with Gasteiger partial charge in [0.05, 0.1) is 0 Å². The van der Waals surface area contributed by atoms with Crippen LogP contribution in [0.1, 0.15) is 50.2 Å². The number of rotatable bonds is 3. The van der Waals surface area contributed by atoms with Crippen LogP contribution in [-0.4, -0.2) is 0 Å². The molecule has 0 heterocycles. The van der Waals surface area contributed by atoms with Gasteiger partial charge in [0.2, 0.25) is 0 Å². The number of hydrogen-bond acceptors (Lipinski definition) is 1. The quantitative estimate of drug-likeness (QED) is 0.846. The average molecular weight is 265 g/mol. The molecule has 1 aliphatic carbocycles. The standard InChI is InChI=1S/C19H23N/c1-14(2)17-10-9-16(19(20)11-6-12-19)13-18(17)15-7-4-3-5-8-15/h3-5,7-10,13-14H,6,11-12,20H2,1-2H3. The highest BCUT2D eigenvalue weighted by Crippen LogP contribution is 2.41. The van der Waals surface area contributed by atoms with E-state index in [0.717, 1.165) is 12.8 Å². The molecule has 0 aromatic heterocycles. The Morgan fingerprint density at radius 1 is 1.00 bits per heavy atom. The van der Waals surface area contributed by atoms with Crippen molar-refractivity contribution in [2.24, 2.45) is 5.73 Å². The Bertz CT molecular complexity index is 594. The van der Waals surface area contributed by atoms with Gasteiger partial charge in [0, 0.05) is 5.54 Å². The summed E-state index contributed by atoms with van der Waals surface area (Å²) >= 11 is 0. The van der Waals surface area contributed by atoms with E-state index in [1.54, 1.807) is 0 Å². The lowest BCUT2D eigenvalue weighted by Crippen LogP contribution is -2.43. The Labute approximate surface area is 121 Å². The highest BCUT2D eigenvalue weighted by Gasteiger charge is 2.34. The fourth-order valence-corrected chi connectivity index (χ4v) is 3.08. The van der Waals surface area contributed by atoms with Gasteiger partial charge in [-0.3, -0.25) is 0 Å². The summed E-state index contributed by atoms with van der Waals surface area (Å²) in [4.78, 5) is 0. The van der Waals surface area contributed by atoms with Gasteiger partial charge in [-0.25, -0.2) is 0 Å². The van der Waals surface area contributed by atoms with Gasteiger partial charge in [0.15, 0.2) is 0 Å². The number of benzene rings is 2. The Morgan fingerprint density at radius 2 is 1.70 bits per heavy atom. The van der Waals surface area contributed by atoms with Crippen molar-refractivity contribution in [3.8, 4) is 11.1 Å². The molecule has 0 radical (unpaired) electrons. The molecule has 1 aliphatic rings. The van der Waals surface area contributed by atoms with Crippen molar-refractivity contribution in [3.63, 3.8) is 0 Å². The molecule has 0 saturated heterocycles. The lowest BCUT2D eigenvalue weighted by atomic mass is 9.71. The lowest BCUT2D eigenvalue weighted by molar-refractivity contribution is 0.253. The van der Waals surface area contributed by atoms with E-state index in [1.165, 1.54) is 28.7 Å². The van der Waals surface area contributed by atoms with Gasteiger partial charge < -0.3 is 5.73 Å². The van der Waals surface area contributed by atoms with Crippen LogP contribution < -0.4 is 5.73 Å². The second-order valence-corrected chi connectivity index (χ2v) is 6.33. The van der Waals surface area contributed by atoms with Crippen molar-refractivity contribution in [1.82, 2.24) is 0 Å². The first-order chi connectivity index (χ1) is 9.60. The Hall–Kier alpha value is -1.60. The Balaban J connectivity index is 2.11. The van der Waals surface area contributed by atoms with E-state index in [4.69, 9.17) is 5.73 Å². The third kappa shape index (κ3) is 2.27. The molecule has 1 saturated carbocycles. The first-order valence-corrected chi connectivity index (χ1v) is 7.59. The van der Waals surface area contributed by atoms with Gasteiger partial charge in [-0.1, -0.05) is 56.3 Å². The molecule has 2 N–H and O–H groups in total. The van der Waals surface area contributed by atoms with Gasteiger partial charge in [-0.2, -0.15) is 0 Å². The lowest BCUT2D eigenvalue weighted by Gasteiger charge is -2.39. The third-order valence-electron chi connectivity index (χ3n) is 4.58. The van der Waals surface area contributed by atoms with Crippen LogP contribution in [-0.2, 0) is 5.54 Å². The average Bonchev–Trinajstić information content (AvgIpc) is 2.45. The second kappa shape index (κ2) is 5.06. The molecule has 0 unspecified atom stereocenters. The maximum atomic E-state index is 6.50. The van der Waals surface area contributed by atoms with E-state index in [0.29, 0.717) is 5.92 Å². The molecule has 0 spiro atoms. The molecule has 1 nitrogen and oxygen atoms in total. The molecule has 2 aromatic carbocycles. The summed E-state index contributed by atoms with van der Waals surface area (Å²) in [5, 5.41) is 0. The minimum Gasteiger partial charge on any atom is -0.321 e. The molecule has 3 rings (SSSR count). The maximum absolute atomic E-state index is 6.50. The zero-order valence-electron chi connectivity index (χ0n) is 12.4. The van der Waals surface area contributed by atoms with E-state index in [9.17, 15) is 0 Å². The van der Waals surface area contributed by atoms with Crippen LogP contribution in [0.3, 0.4) is 0 Å². The first kappa shape index (κ1) is 13.4. The summed E-state index contributed by atoms with van der Waals surface area (Å²) in [6.07, 6.45) is 3.48. The molecular weight excluding hydrogens is 242 g/mol. The van der Waals surface area contributed by atoms with Gasteiger partial charge in [-0.15, -0.1) is 0 Å². The van der Waals surface area contributed by atoms with Crippen LogP contribution in [0.4, 0.5) is 0 Å². The van der Waals surface area contributed by atoms with Crippen LogP contribution in [0.5, 0.6) is 0 Å². The summed E-state index contributed by atoms with van der Waals surface area (Å²) < 4.78 is 0. The van der Waals surface area contributed by atoms with Crippen molar-refractivity contribution in [1.29, 1.82) is 0 Å². The molecular formula is C19H23N. The van der Waals surface area contributed by atoms with Crippen LogP contribution >= 0.6 is 0 Å². The van der Waals surface area contributed by atoms with Gasteiger partial charge in [-0.05, 0) is 53.5 Å². The predicted octanol–water partition coefficient (Wildman–Crippen LogP) is 4.81. The zero-order valence-corrected chi connectivity index (χ0v) is 12.4. The monoisotopic (exact) mass is 265 g/mol. The molecule has 2 aromatic rings. The summed E-state index contributed by atoms with van der Waals surface area (Å²) in [5.41, 5.74) is 11.8. The SMILES string of the molecule is CC(C)c1ccc(C2(N)CCC2)cc1-c1ccccc1. The molecule has 0 atom stereocenters. The van der Waals surface area contributed by atoms with E-state index in [1.807, 2.05) is 0 Å². The molecule has 20 heavy (non-hydrogen) atoms. The molecule has 0 aliphatic heterocycles. The summed E-state index contributed by atoms with van der Waals surface area (Å²) in [7, 11) is 0. The maximum Gasteiger partial charge on any atom is 0.0409 e. The normalized spacial score (nSPS) is 17.0. The fourth-order valence-electron chi connectivity index (χ4n) is 3.08. The predicted molar refractivity (Wildman–Crippen MR) is 85.7 cm³/mol. The molecule has 1 heteroatoms. The highest BCUT2D eigenvalue weighted by atomic mass is 14.8. The Morgan fingerprint density at radius 3 is 2.25 bits per heavy atom. The Kier molecular flexibility index (Phi) is 3.39. The van der Waals surface area contributed by atoms with Crippen molar-refractivity contribution in [2.45, 2.75) is 44.6 Å².